The zero-order valence-corrected chi connectivity index (χ0v) is 16.5. The van der Waals surface area contributed by atoms with Crippen molar-refractivity contribution < 1.29 is 19.0 Å². The molecule has 1 heterocycles. The van der Waals surface area contributed by atoms with E-state index in [1.54, 1.807) is 13.2 Å². The Morgan fingerprint density at radius 2 is 1.79 bits per heavy atom. The Kier molecular flexibility index (Phi) is 7.14. The summed E-state index contributed by atoms with van der Waals surface area (Å²) in [5, 5.41) is 2.97. The molecule has 0 saturated carbocycles. The van der Waals surface area contributed by atoms with Crippen molar-refractivity contribution in [2.45, 2.75) is 26.0 Å². The van der Waals surface area contributed by atoms with E-state index in [0.717, 1.165) is 31.9 Å². The second kappa shape index (κ2) is 9.99. The van der Waals surface area contributed by atoms with E-state index >= 15 is 0 Å². The molecule has 28 heavy (non-hydrogen) atoms. The van der Waals surface area contributed by atoms with Crippen molar-refractivity contribution >= 4 is 11.6 Å². The summed E-state index contributed by atoms with van der Waals surface area (Å²) in [5.74, 6) is 1.06. The molecule has 0 radical (unpaired) electrons. The Morgan fingerprint density at radius 3 is 2.43 bits per heavy atom. The van der Waals surface area contributed by atoms with Crippen molar-refractivity contribution in [2.24, 2.45) is 0 Å². The van der Waals surface area contributed by atoms with Crippen LogP contribution in [-0.4, -0.2) is 45.4 Å². The second-order valence-corrected chi connectivity index (χ2v) is 6.65. The van der Waals surface area contributed by atoms with Crippen LogP contribution in [0.4, 0.5) is 5.69 Å². The van der Waals surface area contributed by atoms with Gasteiger partial charge in [0, 0.05) is 25.3 Å². The Balaban J connectivity index is 1.54. The largest absolute Gasteiger partial charge is 0.493 e. The molecule has 0 bridgehead atoms. The number of morpholine rings is 1. The number of ether oxygens (including phenoxy) is 3. The molecule has 1 N–H and O–H groups in total. The monoisotopic (exact) mass is 384 g/mol. The second-order valence-electron chi connectivity index (χ2n) is 6.65. The first-order chi connectivity index (χ1) is 13.7. The minimum atomic E-state index is -0.566. The van der Waals surface area contributed by atoms with Gasteiger partial charge in [0.05, 0.1) is 20.3 Å². The van der Waals surface area contributed by atoms with Crippen molar-refractivity contribution in [3.05, 3.63) is 54.1 Å². The molecule has 1 aliphatic heterocycles. The lowest BCUT2D eigenvalue weighted by atomic mass is 10.1. The summed E-state index contributed by atoms with van der Waals surface area (Å²) in [7, 11) is 1.59. The van der Waals surface area contributed by atoms with Crippen molar-refractivity contribution in [3.63, 3.8) is 0 Å². The first-order valence-electron chi connectivity index (χ1n) is 9.70. The van der Waals surface area contributed by atoms with Gasteiger partial charge >= 0.3 is 0 Å². The molecular weight excluding hydrogens is 356 g/mol. The summed E-state index contributed by atoms with van der Waals surface area (Å²) in [6.07, 6.45) is 0.00348. The van der Waals surface area contributed by atoms with Crippen molar-refractivity contribution in [1.82, 2.24) is 5.32 Å². The van der Waals surface area contributed by atoms with E-state index in [9.17, 15) is 4.79 Å². The first-order valence-corrected chi connectivity index (χ1v) is 9.70. The molecule has 6 nitrogen and oxygen atoms in total. The minimum absolute atomic E-state index is 0.134. The molecule has 0 aromatic heterocycles. The molecule has 0 aliphatic carbocycles. The van der Waals surface area contributed by atoms with Gasteiger partial charge in [-0.15, -0.1) is 0 Å². The van der Waals surface area contributed by atoms with Crippen LogP contribution < -0.4 is 19.7 Å². The van der Waals surface area contributed by atoms with Crippen LogP contribution >= 0.6 is 0 Å². The van der Waals surface area contributed by atoms with E-state index in [1.807, 2.05) is 37.3 Å². The summed E-state index contributed by atoms with van der Waals surface area (Å²) < 4.78 is 16.6. The number of rotatable bonds is 8. The van der Waals surface area contributed by atoms with Crippen LogP contribution in [-0.2, 0) is 16.1 Å². The molecule has 6 heteroatoms. The molecule has 1 atom stereocenters. The molecule has 2 aromatic carbocycles. The maximum atomic E-state index is 12.6. The Bertz CT molecular complexity index is 757. The molecule has 150 valence electrons. The van der Waals surface area contributed by atoms with Gasteiger partial charge in [-0.2, -0.15) is 0 Å². The number of hydrogen-bond acceptors (Lipinski definition) is 5. The Morgan fingerprint density at radius 1 is 1.11 bits per heavy atom. The maximum absolute atomic E-state index is 12.6. The van der Waals surface area contributed by atoms with Gasteiger partial charge < -0.3 is 24.4 Å². The van der Waals surface area contributed by atoms with E-state index in [1.165, 1.54) is 5.69 Å². The van der Waals surface area contributed by atoms with Gasteiger partial charge in [-0.1, -0.05) is 31.2 Å². The molecule has 0 unspecified atom stereocenters. The van der Waals surface area contributed by atoms with E-state index in [-0.39, 0.29) is 5.91 Å². The Hall–Kier alpha value is -2.73. The SMILES string of the molecule is CC[C@H](Oc1ccccc1OC)C(=O)NCc1ccc(N2CCOCC2)cc1. The van der Waals surface area contributed by atoms with Crippen molar-refractivity contribution in [1.29, 1.82) is 0 Å². The molecule has 1 fully saturated rings. The number of nitrogens with one attached hydrogen (secondary N) is 1. The van der Waals surface area contributed by atoms with E-state index in [4.69, 9.17) is 14.2 Å². The highest BCUT2D eigenvalue weighted by Gasteiger charge is 2.19. The molecule has 1 aliphatic rings. The summed E-state index contributed by atoms with van der Waals surface area (Å²) >= 11 is 0. The van der Waals surface area contributed by atoms with Crippen LogP contribution in [0.15, 0.2) is 48.5 Å². The highest BCUT2D eigenvalue weighted by atomic mass is 16.5. The standard InChI is InChI=1S/C22H28N2O4/c1-3-19(28-21-7-5-4-6-20(21)26-2)22(25)23-16-17-8-10-18(11-9-17)24-12-14-27-15-13-24/h4-11,19H,3,12-16H2,1-2H3,(H,23,25)/t19-/m0/s1. The number of para-hydroxylation sites is 2. The number of amides is 1. The van der Waals surface area contributed by atoms with Crippen LogP contribution in [0.3, 0.4) is 0 Å². The molecular formula is C22H28N2O4. The number of anilines is 1. The van der Waals surface area contributed by atoms with Gasteiger partial charge in [0.25, 0.3) is 5.91 Å². The quantitative estimate of drug-likeness (QED) is 0.758. The number of carbonyl (C=O) groups is 1. The van der Waals surface area contributed by atoms with Crippen molar-refractivity contribution in [3.8, 4) is 11.5 Å². The van der Waals surface area contributed by atoms with Gasteiger partial charge in [0.15, 0.2) is 17.6 Å². The fourth-order valence-corrected chi connectivity index (χ4v) is 3.14. The molecule has 3 rings (SSSR count). The number of methoxy groups -OCH3 is 1. The van der Waals surface area contributed by atoms with E-state index < -0.39 is 6.10 Å². The third-order valence-corrected chi connectivity index (χ3v) is 4.78. The lowest BCUT2D eigenvalue weighted by molar-refractivity contribution is -0.128. The van der Waals surface area contributed by atoms with Crippen molar-refractivity contribution in [2.75, 3.05) is 38.3 Å². The maximum Gasteiger partial charge on any atom is 0.261 e. The zero-order chi connectivity index (χ0) is 19.8. The van der Waals surface area contributed by atoms with Gasteiger partial charge in [-0.25, -0.2) is 0 Å². The predicted molar refractivity (Wildman–Crippen MR) is 109 cm³/mol. The van der Waals surface area contributed by atoms with Gasteiger partial charge in [-0.05, 0) is 36.2 Å². The fraction of sp³-hybridized carbons (Fsp3) is 0.409. The fourth-order valence-electron chi connectivity index (χ4n) is 3.14. The third-order valence-electron chi connectivity index (χ3n) is 4.78. The van der Waals surface area contributed by atoms with Crippen LogP contribution in [0.1, 0.15) is 18.9 Å². The summed E-state index contributed by atoms with van der Waals surface area (Å²) in [4.78, 5) is 14.9. The lowest BCUT2D eigenvalue weighted by Crippen LogP contribution is -2.37. The summed E-state index contributed by atoms with van der Waals surface area (Å²) in [5.41, 5.74) is 2.24. The number of hydrogen-bond donors (Lipinski definition) is 1. The summed E-state index contributed by atoms with van der Waals surface area (Å²) in [6, 6.07) is 15.6. The predicted octanol–water partition coefficient (Wildman–Crippen LogP) is 3.01. The van der Waals surface area contributed by atoms with Crippen LogP contribution in [0, 0.1) is 0 Å². The van der Waals surface area contributed by atoms with Crippen LogP contribution in [0.25, 0.3) is 0 Å². The van der Waals surface area contributed by atoms with E-state index in [0.29, 0.717) is 24.5 Å². The van der Waals surface area contributed by atoms with Crippen LogP contribution in [0.5, 0.6) is 11.5 Å². The van der Waals surface area contributed by atoms with E-state index in [2.05, 4.69) is 22.3 Å². The first kappa shape index (κ1) is 20.0. The number of carbonyl (C=O) groups excluding carboxylic acids is 1. The van der Waals surface area contributed by atoms with Gasteiger partial charge in [0.2, 0.25) is 0 Å². The average Bonchev–Trinajstić information content (AvgIpc) is 2.77. The minimum Gasteiger partial charge on any atom is -0.493 e. The van der Waals surface area contributed by atoms with Crippen LogP contribution in [0.2, 0.25) is 0 Å². The lowest BCUT2D eigenvalue weighted by Gasteiger charge is -2.29. The molecule has 2 aromatic rings. The smallest absolute Gasteiger partial charge is 0.261 e. The number of benzene rings is 2. The highest BCUT2D eigenvalue weighted by Crippen LogP contribution is 2.27. The average molecular weight is 384 g/mol. The summed E-state index contributed by atoms with van der Waals surface area (Å²) in [6.45, 7) is 5.75. The third kappa shape index (κ3) is 5.16. The molecule has 0 spiro atoms. The molecule has 1 saturated heterocycles. The van der Waals surface area contributed by atoms with Gasteiger partial charge in [0.1, 0.15) is 0 Å². The Labute approximate surface area is 166 Å². The number of nitrogens with zero attached hydrogens (tertiary/aromatic N) is 1. The van der Waals surface area contributed by atoms with Gasteiger partial charge in [-0.3, -0.25) is 4.79 Å². The zero-order valence-electron chi connectivity index (χ0n) is 16.5. The molecule has 1 amide bonds. The topological polar surface area (TPSA) is 60.0 Å². The highest BCUT2D eigenvalue weighted by molar-refractivity contribution is 5.81. The normalized spacial score (nSPS) is 15.0.